The molecule has 0 spiro atoms. The predicted molar refractivity (Wildman–Crippen MR) is 53.7 cm³/mol. The zero-order valence-electron chi connectivity index (χ0n) is 9.44. The number of alkyl halides is 3. The maximum Gasteiger partial charge on any atom is 0.407 e. The Kier molecular flexibility index (Phi) is 2.97. The Morgan fingerprint density at radius 1 is 1.41 bits per heavy atom. The van der Waals surface area contributed by atoms with Crippen LogP contribution in [0.5, 0.6) is 0 Å². The molecule has 0 aromatic rings. The normalized spacial score (nSPS) is 31.8. The molecule has 0 aromatic heterocycles. The van der Waals surface area contributed by atoms with E-state index < -0.39 is 18.8 Å². The third-order valence-electron chi connectivity index (χ3n) is 3.63. The second-order valence-electron chi connectivity index (χ2n) is 4.68. The topological polar surface area (TPSA) is 43.8 Å². The molecule has 1 amide bonds. The highest BCUT2D eigenvalue weighted by Crippen LogP contribution is 2.49. The molecule has 17 heavy (non-hydrogen) atoms. The third kappa shape index (κ3) is 2.48. The lowest BCUT2D eigenvalue weighted by Gasteiger charge is -2.25. The van der Waals surface area contributed by atoms with E-state index in [1.165, 1.54) is 9.80 Å². The average molecular weight is 252 g/mol. The molecule has 2 aliphatic rings. The van der Waals surface area contributed by atoms with E-state index in [1.54, 1.807) is 6.92 Å². The number of nitrogens with zero attached hydrogens (tertiary/aromatic N) is 2. The first kappa shape index (κ1) is 12.5. The van der Waals surface area contributed by atoms with Crippen molar-refractivity contribution in [2.45, 2.75) is 19.1 Å². The van der Waals surface area contributed by atoms with E-state index in [4.69, 9.17) is 5.11 Å². The first-order valence-corrected chi connectivity index (χ1v) is 5.62. The van der Waals surface area contributed by atoms with Crippen LogP contribution in [0.2, 0.25) is 0 Å². The summed E-state index contributed by atoms with van der Waals surface area (Å²) in [5.74, 6) is 0.182. The van der Waals surface area contributed by atoms with Gasteiger partial charge in [-0.1, -0.05) is 6.92 Å². The van der Waals surface area contributed by atoms with Crippen LogP contribution in [0.3, 0.4) is 0 Å². The number of fused-ring (bicyclic) bond motifs is 1. The number of halogens is 3. The molecule has 7 heteroatoms. The van der Waals surface area contributed by atoms with Crippen molar-refractivity contribution in [1.82, 2.24) is 9.80 Å². The largest absolute Gasteiger partial charge is 0.465 e. The lowest BCUT2D eigenvalue weighted by molar-refractivity contribution is -0.147. The molecule has 1 aliphatic carbocycles. The summed E-state index contributed by atoms with van der Waals surface area (Å²) in [6.07, 6.45) is -5.16. The molecule has 0 radical (unpaired) electrons. The maximum atomic E-state index is 12.3. The second-order valence-corrected chi connectivity index (χ2v) is 4.68. The fraction of sp³-hybridized carbons (Fsp3) is 0.900. The van der Waals surface area contributed by atoms with Crippen LogP contribution in [0.1, 0.15) is 6.92 Å². The number of rotatable bonds is 3. The molecule has 0 aromatic carbocycles. The van der Waals surface area contributed by atoms with Crippen molar-refractivity contribution in [1.29, 1.82) is 0 Å². The van der Waals surface area contributed by atoms with Gasteiger partial charge < -0.3 is 10.0 Å². The monoisotopic (exact) mass is 252 g/mol. The van der Waals surface area contributed by atoms with Gasteiger partial charge in [0.2, 0.25) is 0 Å². The molecular formula is C10H15F3N2O2. The van der Waals surface area contributed by atoms with E-state index in [0.717, 1.165) is 0 Å². The summed E-state index contributed by atoms with van der Waals surface area (Å²) in [6.45, 7) is 1.91. The third-order valence-corrected chi connectivity index (χ3v) is 3.63. The van der Waals surface area contributed by atoms with Crippen molar-refractivity contribution in [3.8, 4) is 0 Å². The average Bonchev–Trinajstić information content (AvgIpc) is 2.68. The SMILES string of the molecule is CCN(CC(F)(F)F)C1[C@H]2CN(C(=O)O)C[C@@H]12. The number of hydrogen-bond donors (Lipinski definition) is 1. The Hall–Kier alpha value is -0.980. The molecule has 1 N–H and O–H groups in total. The molecule has 2 fully saturated rings. The zero-order valence-corrected chi connectivity index (χ0v) is 9.44. The van der Waals surface area contributed by atoms with Gasteiger partial charge in [-0.15, -0.1) is 0 Å². The standard InChI is InChI=1S/C10H15F3N2O2/c1-2-14(5-10(11,12)13)8-6-3-15(9(16)17)4-7(6)8/h6-8H,2-5H2,1H3,(H,16,17)/t6-,7+,8?. The van der Waals surface area contributed by atoms with Gasteiger partial charge in [0.1, 0.15) is 0 Å². The summed E-state index contributed by atoms with van der Waals surface area (Å²) in [6, 6.07) is -0.0859. The molecule has 2 rings (SSSR count). The molecule has 1 saturated heterocycles. The van der Waals surface area contributed by atoms with Crippen LogP contribution < -0.4 is 0 Å². The van der Waals surface area contributed by atoms with Crippen molar-refractivity contribution in [2.24, 2.45) is 11.8 Å². The van der Waals surface area contributed by atoms with Gasteiger partial charge in [0.15, 0.2) is 0 Å². The van der Waals surface area contributed by atoms with Gasteiger partial charge in [0, 0.05) is 19.1 Å². The Morgan fingerprint density at radius 3 is 2.29 bits per heavy atom. The number of hydrogen-bond acceptors (Lipinski definition) is 2. The van der Waals surface area contributed by atoms with E-state index >= 15 is 0 Å². The number of amides is 1. The van der Waals surface area contributed by atoms with E-state index in [2.05, 4.69) is 0 Å². The Balaban J connectivity index is 1.89. The molecule has 98 valence electrons. The van der Waals surface area contributed by atoms with Crippen LogP contribution >= 0.6 is 0 Å². The minimum Gasteiger partial charge on any atom is -0.465 e. The molecule has 1 saturated carbocycles. The van der Waals surface area contributed by atoms with Gasteiger partial charge in [0.25, 0.3) is 0 Å². The summed E-state index contributed by atoms with van der Waals surface area (Å²) < 4.78 is 36.9. The molecule has 1 unspecified atom stereocenters. The molecule has 3 atom stereocenters. The first-order valence-electron chi connectivity index (χ1n) is 5.62. The molecular weight excluding hydrogens is 237 g/mol. The van der Waals surface area contributed by atoms with Crippen molar-refractivity contribution >= 4 is 6.09 Å². The van der Waals surface area contributed by atoms with Crippen LogP contribution in [-0.2, 0) is 0 Å². The number of likely N-dealkylation sites (tertiary alicyclic amines) is 1. The van der Waals surface area contributed by atoms with Gasteiger partial charge in [-0.05, 0) is 18.4 Å². The summed E-state index contributed by atoms with van der Waals surface area (Å²) in [5.41, 5.74) is 0. The van der Waals surface area contributed by atoms with E-state index in [0.29, 0.717) is 19.6 Å². The first-order chi connectivity index (χ1) is 7.83. The minimum absolute atomic E-state index is 0.0859. The minimum atomic E-state index is -4.18. The molecule has 0 bridgehead atoms. The van der Waals surface area contributed by atoms with Crippen LogP contribution in [0, 0.1) is 11.8 Å². The molecule has 1 heterocycles. The quantitative estimate of drug-likeness (QED) is 0.827. The second kappa shape index (κ2) is 4.04. The van der Waals surface area contributed by atoms with Crippen LogP contribution in [0.25, 0.3) is 0 Å². The fourth-order valence-electron chi connectivity index (χ4n) is 2.85. The van der Waals surface area contributed by atoms with E-state index in [9.17, 15) is 18.0 Å². The van der Waals surface area contributed by atoms with Crippen molar-refractivity contribution < 1.29 is 23.1 Å². The van der Waals surface area contributed by atoms with Gasteiger partial charge in [-0.25, -0.2) is 4.79 Å². The summed E-state index contributed by atoms with van der Waals surface area (Å²) in [4.78, 5) is 13.4. The smallest absolute Gasteiger partial charge is 0.407 e. The fourth-order valence-corrected chi connectivity index (χ4v) is 2.85. The van der Waals surface area contributed by atoms with Crippen LogP contribution in [-0.4, -0.2) is 59.4 Å². The lowest BCUT2D eigenvalue weighted by Crippen LogP contribution is -2.41. The lowest BCUT2D eigenvalue weighted by atomic mass is 10.3. The number of piperidine rings is 1. The number of carbonyl (C=O) groups is 1. The highest BCUT2D eigenvalue weighted by molar-refractivity contribution is 5.65. The van der Waals surface area contributed by atoms with Crippen molar-refractivity contribution in [3.63, 3.8) is 0 Å². The summed E-state index contributed by atoms with van der Waals surface area (Å²) in [7, 11) is 0. The molecule has 1 aliphatic heterocycles. The number of carboxylic acid groups (broad SMARTS) is 1. The highest BCUT2D eigenvalue weighted by atomic mass is 19.4. The Bertz CT molecular complexity index is 309. The summed E-state index contributed by atoms with van der Waals surface area (Å²) >= 11 is 0. The van der Waals surface area contributed by atoms with Crippen LogP contribution in [0.15, 0.2) is 0 Å². The Labute approximate surface area is 97.0 Å². The highest BCUT2D eigenvalue weighted by Gasteiger charge is 2.59. The van der Waals surface area contributed by atoms with Crippen LogP contribution in [0.4, 0.5) is 18.0 Å². The Morgan fingerprint density at radius 2 is 1.94 bits per heavy atom. The van der Waals surface area contributed by atoms with E-state index in [1.807, 2.05) is 0 Å². The summed E-state index contributed by atoms with van der Waals surface area (Å²) in [5, 5.41) is 8.75. The maximum absolute atomic E-state index is 12.3. The van der Waals surface area contributed by atoms with E-state index in [-0.39, 0.29) is 17.9 Å². The van der Waals surface area contributed by atoms with Gasteiger partial charge in [-0.3, -0.25) is 4.90 Å². The molecule has 4 nitrogen and oxygen atoms in total. The zero-order chi connectivity index (χ0) is 12.8. The van der Waals surface area contributed by atoms with Crippen molar-refractivity contribution in [2.75, 3.05) is 26.2 Å². The van der Waals surface area contributed by atoms with Gasteiger partial charge in [0.05, 0.1) is 6.54 Å². The predicted octanol–water partition coefficient (Wildman–Crippen LogP) is 1.48. The van der Waals surface area contributed by atoms with Gasteiger partial charge in [-0.2, -0.15) is 13.2 Å². The van der Waals surface area contributed by atoms with Crippen molar-refractivity contribution in [3.05, 3.63) is 0 Å². The van der Waals surface area contributed by atoms with Gasteiger partial charge >= 0.3 is 12.3 Å².